The summed E-state index contributed by atoms with van der Waals surface area (Å²) in [6.45, 7) is 12.1. The molecule has 4 aliphatic heterocycles. The van der Waals surface area contributed by atoms with Crippen LogP contribution in [-0.2, 0) is 14.4 Å². The van der Waals surface area contributed by atoms with Gasteiger partial charge in [0.05, 0.1) is 56.1 Å². The predicted molar refractivity (Wildman–Crippen MR) is 209 cm³/mol. The summed E-state index contributed by atoms with van der Waals surface area (Å²) in [4.78, 5) is 35.5. The Morgan fingerprint density at radius 3 is 2.33 bits per heavy atom. The van der Waals surface area contributed by atoms with Crippen LogP contribution in [0, 0.1) is 0 Å². The van der Waals surface area contributed by atoms with E-state index in [0.29, 0.717) is 47.5 Å². The number of piperidine rings is 1. The van der Waals surface area contributed by atoms with Crippen molar-refractivity contribution in [3.05, 3.63) is 97.3 Å². The van der Waals surface area contributed by atoms with Crippen LogP contribution in [0.4, 0.5) is 28.7 Å². The second-order valence-corrected chi connectivity index (χ2v) is 14.1. The molecule has 2 N–H and O–H groups in total. The van der Waals surface area contributed by atoms with Gasteiger partial charge in [0, 0.05) is 63.9 Å². The molecule has 0 radical (unpaired) electrons. The molecule has 1 atom stereocenters. The zero-order valence-corrected chi connectivity index (χ0v) is 30.7. The first-order valence-electron chi connectivity index (χ1n) is 18.8. The van der Waals surface area contributed by atoms with Crippen molar-refractivity contribution >= 4 is 34.6 Å². The van der Waals surface area contributed by atoms with Crippen molar-refractivity contribution in [3.63, 3.8) is 0 Å². The van der Waals surface area contributed by atoms with Gasteiger partial charge >= 0.3 is 0 Å². The third-order valence-corrected chi connectivity index (χ3v) is 10.8. The number of hydrogen-bond acceptors (Lipinski definition) is 12. The first-order valence-corrected chi connectivity index (χ1v) is 18.8. The quantitative estimate of drug-likeness (QED) is 0.166. The van der Waals surface area contributed by atoms with Gasteiger partial charge in [0.15, 0.2) is 5.82 Å². The molecule has 282 valence electrons. The molecule has 5 heterocycles. The minimum atomic E-state index is -0.281. The third-order valence-electron chi connectivity index (χ3n) is 10.8. The standard InChI is InChI=1S/C41H48N8O5/c1-3-41(50)45-34-23-35(38(51-2)24-37(34)48-15-12-30(13-16-48)46-17-19-47(20-18-46)31-26-52-27-31)44-39-25-40(43-28-42-39)49-36(14-21-53-49)29-8-7-11-33(22-29)54-32-9-5-4-6-10-32/h3-11,22-25,28,30-31,36H,1,12-21,26-27H2,2H3,(H,45,50)(H,42,43,44). The molecule has 3 aromatic carbocycles. The molecule has 4 aliphatic rings. The Balaban J connectivity index is 0.971. The first-order chi connectivity index (χ1) is 26.5. The van der Waals surface area contributed by atoms with Crippen LogP contribution in [0.5, 0.6) is 17.2 Å². The molecule has 1 unspecified atom stereocenters. The molecule has 4 fully saturated rings. The number of nitrogens with zero attached hydrogens (tertiary/aromatic N) is 6. The summed E-state index contributed by atoms with van der Waals surface area (Å²) in [5, 5.41) is 8.29. The lowest BCUT2D eigenvalue weighted by Crippen LogP contribution is -2.59. The van der Waals surface area contributed by atoms with Crippen molar-refractivity contribution < 1.29 is 23.8 Å². The Morgan fingerprint density at radius 2 is 1.61 bits per heavy atom. The lowest BCUT2D eigenvalue weighted by molar-refractivity contribution is -0.111. The maximum Gasteiger partial charge on any atom is 0.247 e. The molecular weight excluding hydrogens is 685 g/mol. The van der Waals surface area contributed by atoms with E-state index in [0.717, 1.165) is 94.5 Å². The molecule has 13 heteroatoms. The van der Waals surface area contributed by atoms with Gasteiger partial charge in [-0.25, -0.2) is 15.0 Å². The van der Waals surface area contributed by atoms with Crippen LogP contribution in [0.1, 0.15) is 30.9 Å². The molecule has 8 rings (SSSR count). The molecule has 4 saturated heterocycles. The lowest BCUT2D eigenvalue weighted by Gasteiger charge is -2.46. The number of carbonyl (C=O) groups is 1. The van der Waals surface area contributed by atoms with Crippen molar-refractivity contribution in [1.29, 1.82) is 0 Å². The number of piperazine rings is 1. The van der Waals surface area contributed by atoms with Gasteiger partial charge in [-0.1, -0.05) is 36.9 Å². The maximum atomic E-state index is 12.7. The summed E-state index contributed by atoms with van der Waals surface area (Å²) in [5.41, 5.74) is 3.29. The Morgan fingerprint density at radius 1 is 0.852 bits per heavy atom. The fourth-order valence-corrected chi connectivity index (χ4v) is 7.84. The largest absolute Gasteiger partial charge is 0.494 e. The van der Waals surface area contributed by atoms with E-state index in [4.69, 9.17) is 19.0 Å². The van der Waals surface area contributed by atoms with E-state index in [9.17, 15) is 4.79 Å². The van der Waals surface area contributed by atoms with Gasteiger partial charge < -0.3 is 29.7 Å². The summed E-state index contributed by atoms with van der Waals surface area (Å²) in [6.07, 6.45) is 5.69. The highest BCUT2D eigenvalue weighted by atomic mass is 16.7. The van der Waals surface area contributed by atoms with Crippen LogP contribution >= 0.6 is 0 Å². The van der Waals surface area contributed by atoms with E-state index < -0.39 is 0 Å². The van der Waals surface area contributed by atoms with Crippen LogP contribution in [0.3, 0.4) is 0 Å². The van der Waals surface area contributed by atoms with Crippen LogP contribution < -0.4 is 30.1 Å². The summed E-state index contributed by atoms with van der Waals surface area (Å²) >= 11 is 0. The van der Waals surface area contributed by atoms with E-state index in [1.54, 1.807) is 7.11 Å². The van der Waals surface area contributed by atoms with Crippen molar-refractivity contribution in [3.8, 4) is 17.2 Å². The number of ether oxygens (including phenoxy) is 3. The number of rotatable bonds is 12. The molecule has 0 aliphatic carbocycles. The summed E-state index contributed by atoms with van der Waals surface area (Å²) < 4.78 is 17.4. The predicted octanol–water partition coefficient (Wildman–Crippen LogP) is 6.01. The molecule has 0 bridgehead atoms. The number of amides is 1. The van der Waals surface area contributed by atoms with Gasteiger partial charge in [-0.2, -0.15) is 0 Å². The van der Waals surface area contributed by atoms with E-state index >= 15 is 0 Å². The summed E-state index contributed by atoms with van der Waals surface area (Å²) in [5.74, 6) is 3.04. The van der Waals surface area contributed by atoms with Crippen molar-refractivity contribution in [1.82, 2.24) is 19.8 Å². The van der Waals surface area contributed by atoms with Gasteiger partial charge in [0.1, 0.15) is 29.4 Å². The fourth-order valence-electron chi connectivity index (χ4n) is 7.84. The van der Waals surface area contributed by atoms with E-state index in [2.05, 4.69) is 47.9 Å². The fraction of sp³-hybridized carbons (Fsp3) is 0.390. The second-order valence-electron chi connectivity index (χ2n) is 14.1. The third kappa shape index (κ3) is 7.99. The Labute approximate surface area is 316 Å². The molecular formula is C41H48N8O5. The van der Waals surface area contributed by atoms with Crippen LogP contribution in [0.2, 0.25) is 0 Å². The van der Waals surface area contributed by atoms with E-state index in [1.165, 1.54) is 12.4 Å². The average molecular weight is 733 g/mol. The number of aromatic nitrogens is 2. The van der Waals surface area contributed by atoms with Gasteiger partial charge in [-0.3, -0.25) is 19.4 Å². The van der Waals surface area contributed by atoms with Crippen molar-refractivity contribution in [2.24, 2.45) is 0 Å². The van der Waals surface area contributed by atoms with Crippen molar-refractivity contribution in [2.45, 2.75) is 37.4 Å². The van der Waals surface area contributed by atoms with Crippen molar-refractivity contribution in [2.75, 3.05) is 86.8 Å². The zero-order chi connectivity index (χ0) is 36.9. The number of nitrogens with one attached hydrogen (secondary N) is 2. The lowest BCUT2D eigenvalue weighted by atomic mass is 10.0. The van der Waals surface area contributed by atoms with Crippen LogP contribution in [0.25, 0.3) is 0 Å². The number of para-hydroxylation sites is 1. The van der Waals surface area contributed by atoms with Crippen LogP contribution in [0.15, 0.2) is 91.8 Å². The number of anilines is 5. The molecule has 1 amide bonds. The number of hydroxylamine groups is 1. The highest BCUT2D eigenvalue weighted by Crippen LogP contribution is 2.41. The number of carbonyl (C=O) groups excluding carboxylic acids is 1. The smallest absolute Gasteiger partial charge is 0.247 e. The van der Waals surface area contributed by atoms with Gasteiger partial charge in [-0.05, 0) is 54.8 Å². The number of methoxy groups -OCH3 is 1. The summed E-state index contributed by atoms with van der Waals surface area (Å²) in [7, 11) is 1.65. The normalized spacial score (nSPS) is 20.0. The van der Waals surface area contributed by atoms with E-state index in [-0.39, 0.29) is 11.9 Å². The highest BCUT2D eigenvalue weighted by molar-refractivity contribution is 6.02. The summed E-state index contributed by atoms with van der Waals surface area (Å²) in [6, 6.07) is 24.6. The monoisotopic (exact) mass is 732 g/mol. The van der Waals surface area contributed by atoms with Crippen LogP contribution in [-0.4, -0.2) is 104 Å². The Kier molecular flexibility index (Phi) is 10.9. The molecule has 1 aromatic heterocycles. The minimum absolute atomic E-state index is 0.0715. The average Bonchev–Trinajstić information content (AvgIpc) is 3.69. The first kappa shape index (κ1) is 35.8. The molecule has 4 aromatic rings. The van der Waals surface area contributed by atoms with Gasteiger partial charge in [0.2, 0.25) is 5.91 Å². The number of benzene rings is 3. The SMILES string of the molecule is C=CC(=O)Nc1cc(Nc2cc(N3OCCC3c3cccc(Oc4ccccc4)c3)ncn2)c(OC)cc1N1CCC(N2CCN(C3COC3)CC2)CC1. The minimum Gasteiger partial charge on any atom is -0.494 e. The topological polar surface area (TPSA) is 117 Å². The van der Waals surface area contributed by atoms with Gasteiger partial charge in [-0.15, -0.1) is 0 Å². The molecule has 54 heavy (non-hydrogen) atoms. The molecule has 0 saturated carbocycles. The second kappa shape index (κ2) is 16.4. The van der Waals surface area contributed by atoms with E-state index in [1.807, 2.05) is 71.8 Å². The van der Waals surface area contributed by atoms with Gasteiger partial charge in [0.25, 0.3) is 0 Å². The maximum absolute atomic E-state index is 12.7. The Hall–Kier alpha value is -5.21. The molecule has 0 spiro atoms. The Bertz CT molecular complexity index is 1910. The zero-order valence-electron chi connectivity index (χ0n) is 30.7. The number of hydrogen-bond donors (Lipinski definition) is 2. The highest BCUT2D eigenvalue weighted by Gasteiger charge is 2.33. The molecule has 13 nitrogen and oxygen atoms in total.